The van der Waals surface area contributed by atoms with E-state index >= 15 is 0 Å². The highest BCUT2D eigenvalue weighted by Gasteiger charge is 2.54. The highest BCUT2D eigenvalue weighted by atomic mass is 16.7. The van der Waals surface area contributed by atoms with E-state index in [1.807, 2.05) is 26.8 Å². The predicted octanol–water partition coefficient (Wildman–Crippen LogP) is 1.47. The van der Waals surface area contributed by atoms with E-state index in [1.165, 1.54) is 0 Å². The number of aliphatic hydroxyl groups is 1. The average Bonchev–Trinajstić information content (AvgIpc) is 2.61. The zero-order chi connectivity index (χ0) is 12.0. The number of hydrogen-bond donors (Lipinski definition) is 1. The van der Waals surface area contributed by atoms with Gasteiger partial charge in [-0.15, -0.1) is 6.42 Å². The van der Waals surface area contributed by atoms with Crippen LogP contribution in [0.5, 0.6) is 0 Å². The number of terminal acetylenes is 1. The zero-order valence-electron chi connectivity index (χ0n) is 10.0. The lowest BCUT2D eigenvalue weighted by Gasteiger charge is -2.47. The van der Waals surface area contributed by atoms with Crippen molar-refractivity contribution in [3.8, 4) is 12.3 Å². The van der Waals surface area contributed by atoms with Crippen molar-refractivity contribution in [2.24, 2.45) is 5.41 Å². The van der Waals surface area contributed by atoms with Crippen molar-refractivity contribution in [3.63, 3.8) is 0 Å². The molecule has 2 aliphatic rings. The van der Waals surface area contributed by atoms with Crippen LogP contribution in [0.4, 0.5) is 0 Å². The summed E-state index contributed by atoms with van der Waals surface area (Å²) in [5, 5.41) is 10.5. The molecule has 16 heavy (non-hydrogen) atoms. The zero-order valence-corrected chi connectivity index (χ0v) is 10.0. The summed E-state index contributed by atoms with van der Waals surface area (Å²) >= 11 is 0. The van der Waals surface area contributed by atoms with Gasteiger partial charge in [-0.2, -0.15) is 0 Å². The molecular formula is C13H18O3. The fraction of sp³-hybridized carbons (Fsp3) is 0.692. The van der Waals surface area contributed by atoms with Gasteiger partial charge in [-0.3, -0.25) is 0 Å². The molecule has 88 valence electrons. The van der Waals surface area contributed by atoms with E-state index in [0.717, 1.165) is 5.57 Å². The first-order chi connectivity index (χ1) is 7.35. The molecule has 1 saturated heterocycles. The fourth-order valence-corrected chi connectivity index (χ4v) is 2.73. The molecule has 0 saturated carbocycles. The first-order valence-corrected chi connectivity index (χ1v) is 5.53. The molecule has 1 aliphatic heterocycles. The second-order valence-electron chi connectivity index (χ2n) is 5.25. The van der Waals surface area contributed by atoms with E-state index in [4.69, 9.17) is 15.9 Å². The molecule has 1 N–H and O–H groups in total. The lowest BCUT2D eigenvalue weighted by atomic mass is 9.64. The van der Waals surface area contributed by atoms with Gasteiger partial charge < -0.3 is 14.6 Å². The largest absolute Gasteiger partial charge is 0.373 e. The van der Waals surface area contributed by atoms with Gasteiger partial charge in [0, 0.05) is 11.8 Å². The Bertz CT molecular complexity index is 369. The van der Waals surface area contributed by atoms with Gasteiger partial charge in [0.15, 0.2) is 11.4 Å². The lowest BCUT2D eigenvalue weighted by molar-refractivity contribution is -0.169. The highest BCUT2D eigenvalue weighted by molar-refractivity contribution is 5.36. The Labute approximate surface area is 96.4 Å². The van der Waals surface area contributed by atoms with E-state index in [9.17, 15) is 5.11 Å². The third-order valence-corrected chi connectivity index (χ3v) is 3.66. The number of ether oxygens (including phenoxy) is 2. The molecule has 3 heteroatoms. The van der Waals surface area contributed by atoms with Gasteiger partial charge in [0.25, 0.3) is 0 Å². The first kappa shape index (κ1) is 11.7. The molecule has 3 nitrogen and oxygen atoms in total. The molecule has 0 radical (unpaired) electrons. The van der Waals surface area contributed by atoms with Crippen LogP contribution in [0.25, 0.3) is 0 Å². The summed E-state index contributed by atoms with van der Waals surface area (Å²) in [6.07, 6.45) is 7.86. The summed E-state index contributed by atoms with van der Waals surface area (Å²) in [5.74, 6) is 1.82. The van der Waals surface area contributed by atoms with Crippen LogP contribution in [-0.2, 0) is 9.47 Å². The van der Waals surface area contributed by atoms with E-state index in [2.05, 4.69) is 5.92 Å². The Hall–Kier alpha value is -0.820. The minimum atomic E-state index is -1.21. The molecular weight excluding hydrogens is 204 g/mol. The van der Waals surface area contributed by atoms with Crippen LogP contribution in [-0.4, -0.2) is 29.7 Å². The van der Waals surface area contributed by atoms with Crippen molar-refractivity contribution in [1.29, 1.82) is 0 Å². The minimum Gasteiger partial charge on any atom is -0.373 e. The van der Waals surface area contributed by atoms with E-state index in [1.54, 1.807) is 0 Å². The summed E-state index contributed by atoms with van der Waals surface area (Å²) in [4.78, 5) is 0. The molecule has 1 atom stereocenters. The predicted molar refractivity (Wildman–Crippen MR) is 60.6 cm³/mol. The Morgan fingerprint density at radius 1 is 1.38 bits per heavy atom. The Morgan fingerprint density at radius 3 is 2.38 bits per heavy atom. The van der Waals surface area contributed by atoms with Crippen LogP contribution >= 0.6 is 0 Å². The molecule has 1 heterocycles. The van der Waals surface area contributed by atoms with Gasteiger partial charge in [0.05, 0.1) is 13.2 Å². The van der Waals surface area contributed by atoms with Crippen molar-refractivity contribution < 1.29 is 14.6 Å². The Morgan fingerprint density at radius 2 is 1.94 bits per heavy atom. The SMILES string of the molecule is C#CC1(O)C(C)=CC2(CC1(C)C)OCCO2. The van der Waals surface area contributed by atoms with Gasteiger partial charge >= 0.3 is 0 Å². The van der Waals surface area contributed by atoms with Crippen LogP contribution in [0, 0.1) is 17.8 Å². The molecule has 2 rings (SSSR count). The molecule has 1 spiro atoms. The molecule has 1 fully saturated rings. The molecule has 0 amide bonds. The van der Waals surface area contributed by atoms with E-state index < -0.39 is 16.8 Å². The Kier molecular flexibility index (Phi) is 2.43. The van der Waals surface area contributed by atoms with Gasteiger partial charge in [0.2, 0.25) is 0 Å². The van der Waals surface area contributed by atoms with E-state index in [-0.39, 0.29) is 0 Å². The first-order valence-electron chi connectivity index (χ1n) is 5.53. The summed E-state index contributed by atoms with van der Waals surface area (Å²) in [6.45, 7) is 6.89. The maximum atomic E-state index is 10.5. The topological polar surface area (TPSA) is 38.7 Å². The second-order valence-corrected chi connectivity index (χ2v) is 5.25. The maximum absolute atomic E-state index is 10.5. The normalized spacial score (nSPS) is 35.8. The smallest absolute Gasteiger partial charge is 0.189 e. The monoisotopic (exact) mass is 222 g/mol. The quantitative estimate of drug-likeness (QED) is 0.498. The number of rotatable bonds is 0. The summed E-state index contributed by atoms with van der Waals surface area (Å²) in [7, 11) is 0. The highest BCUT2D eigenvalue weighted by Crippen LogP contribution is 2.49. The van der Waals surface area contributed by atoms with Crippen LogP contribution in [0.2, 0.25) is 0 Å². The van der Waals surface area contributed by atoms with Crippen LogP contribution in [0.15, 0.2) is 11.6 Å². The van der Waals surface area contributed by atoms with Crippen LogP contribution < -0.4 is 0 Å². The fourth-order valence-electron chi connectivity index (χ4n) is 2.73. The third kappa shape index (κ3) is 1.41. The van der Waals surface area contributed by atoms with Crippen LogP contribution in [0.3, 0.4) is 0 Å². The van der Waals surface area contributed by atoms with Gasteiger partial charge in [-0.05, 0) is 18.6 Å². The molecule has 1 aliphatic carbocycles. The summed E-state index contributed by atoms with van der Waals surface area (Å²) in [5.41, 5.74) is -0.952. The molecule has 1 unspecified atom stereocenters. The van der Waals surface area contributed by atoms with Crippen LogP contribution in [0.1, 0.15) is 27.2 Å². The minimum absolute atomic E-state index is 0.467. The summed E-state index contributed by atoms with van der Waals surface area (Å²) in [6, 6.07) is 0. The van der Waals surface area contributed by atoms with Crippen molar-refractivity contribution in [2.45, 2.75) is 38.6 Å². The second kappa shape index (κ2) is 3.33. The molecule has 0 aromatic carbocycles. The standard InChI is InChI=1S/C13H18O3/c1-5-13(14)10(2)8-12(9-11(13,3)4)15-6-7-16-12/h1,8,14H,6-7,9H2,2-4H3. The van der Waals surface area contributed by atoms with Crippen molar-refractivity contribution in [3.05, 3.63) is 11.6 Å². The number of hydrogen-bond acceptors (Lipinski definition) is 3. The lowest BCUT2D eigenvalue weighted by Crippen LogP contribution is -2.53. The van der Waals surface area contributed by atoms with Gasteiger partial charge in [-0.1, -0.05) is 19.8 Å². The molecule has 0 aromatic heterocycles. The van der Waals surface area contributed by atoms with Crippen molar-refractivity contribution in [1.82, 2.24) is 0 Å². The van der Waals surface area contributed by atoms with Crippen molar-refractivity contribution >= 4 is 0 Å². The molecule has 0 aromatic rings. The summed E-state index contributed by atoms with van der Waals surface area (Å²) < 4.78 is 11.3. The van der Waals surface area contributed by atoms with E-state index in [0.29, 0.717) is 19.6 Å². The third-order valence-electron chi connectivity index (χ3n) is 3.66. The van der Waals surface area contributed by atoms with Crippen molar-refractivity contribution in [2.75, 3.05) is 13.2 Å². The van der Waals surface area contributed by atoms with Gasteiger partial charge in [0.1, 0.15) is 0 Å². The average molecular weight is 222 g/mol. The maximum Gasteiger partial charge on any atom is 0.189 e. The Balaban J connectivity index is 2.47. The molecule has 0 bridgehead atoms. The van der Waals surface area contributed by atoms with Gasteiger partial charge in [-0.25, -0.2) is 0 Å².